The number of allylic oxidation sites excluding steroid dienone is 1. The van der Waals surface area contributed by atoms with Crippen LogP contribution in [0.4, 0.5) is 0 Å². The molecule has 1 aliphatic rings. The molecule has 0 atom stereocenters. The van der Waals surface area contributed by atoms with E-state index < -0.39 is 0 Å². The zero-order valence-corrected chi connectivity index (χ0v) is 6.97. The minimum Gasteiger partial charge on any atom is -0.309 e. The third-order valence-corrected chi connectivity index (χ3v) is 1.89. The average molecular weight is 159 g/mol. The summed E-state index contributed by atoms with van der Waals surface area (Å²) in [6, 6.07) is 0. The van der Waals surface area contributed by atoms with E-state index in [0.717, 1.165) is 0 Å². The molecule has 1 aliphatic heterocycles. The van der Waals surface area contributed by atoms with Gasteiger partial charge in [0.15, 0.2) is 0 Å². The SMILES string of the molecule is [B]CCN1C(=C)C(=C)C(=C)C1=O. The lowest BCUT2D eigenvalue weighted by Crippen LogP contribution is -2.24. The predicted molar refractivity (Wildman–Crippen MR) is 49.7 cm³/mol. The molecule has 0 unspecified atom stereocenters. The van der Waals surface area contributed by atoms with E-state index >= 15 is 0 Å². The lowest BCUT2D eigenvalue weighted by Gasteiger charge is -2.14. The van der Waals surface area contributed by atoms with Crippen LogP contribution in [0.5, 0.6) is 0 Å². The van der Waals surface area contributed by atoms with Crippen molar-refractivity contribution in [3.63, 3.8) is 0 Å². The Bertz CT molecular complexity index is 254. The first kappa shape index (κ1) is 8.85. The van der Waals surface area contributed by atoms with Gasteiger partial charge < -0.3 is 4.90 Å². The summed E-state index contributed by atoms with van der Waals surface area (Å²) < 4.78 is 0. The van der Waals surface area contributed by atoms with Crippen LogP contribution >= 0.6 is 0 Å². The van der Waals surface area contributed by atoms with Crippen molar-refractivity contribution in [2.24, 2.45) is 0 Å². The predicted octanol–water partition coefficient (Wildman–Crippen LogP) is 1.04. The van der Waals surface area contributed by atoms with Crippen LogP contribution in [0.1, 0.15) is 0 Å². The zero-order chi connectivity index (χ0) is 9.30. The van der Waals surface area contributed by atoms with Crippen molar-refractivity contribution in [1.29, 1.82) is 0 Å². The smallest absolute Gasteiger partial charge is 0.258 e. The van der Waals surface area contributed by atoms with Crippen LogP contribution in [0, 0.1) is 0 Å². The molecule has 0 aromatic rings. The third kappa shape index (κ3) is 1.11. The summed E-state index contributed by atoms with van der Waals surface area (Å²) in [5.74, 6) is -0.129. The first-order valence-electron chi connectivity index (χ1n) is 3.69. The maximum absolute atomic E-state index is 11.4. The molecule has 1 saturated heterocycles. The highest BCUT2D eigenvalue weighted by atomic mass is 16.2. The summed E-state index contributed by atoms with van der Waals surface area (Å²) in [6.07, 6.45) is 0.422. The topological polar surface area (TPSA) is 20.3 Å². The van der Waals surface area contributed by atoms with Crippen LogP contribution in [-0.4, -0.2) is 25.2 Å². The van der Waals surface area contributed by atoms with Crippen LogP contribution in [0.3, 0.4) is 0 Å². The second kappa shape index (κ2) is 3.01. The van der Waals surface area contributed by atoms with Crippen LogP contribution in [-0.2, 0) is 4.79 Å². The number of amides is 1. The molecule has 0 aromatic heterocycles. The fourth-order valence-corrected chi connectivity index (χ4v) is 1.12. The Morgan fingerprint density at radius 2 is 1.83 bits per heavy atom. The Morgan fingerprint density at radius 1 is 1.25 bits per heavy atom. The van der Waals surface area contributed by atoms with E-state index in [9.17, 15) is 4.79 Å². The van der Waals surface area contributed by atoms with Crippen molar-refractivity contribution in [2.45, 2.75) is 6.32 Å². The van der Waals surface area contributed by atoms with Crippen molar-refractivity contribution >= 4 is 13.8 Å². The van der Waals surface area contributed by atoms with Gasteiger partial charge in [0.05, 0.1) is 7.85 Å². The second-order valence-electron chi connectivity index (χ2n) is 2.65. The first-order chi connectivity index (χ1) is 5.59. The lowest BCUT2D eigenvalue weighted by atomic mass is 10.1. The minimum atomic E-state index is -0.129. The zero-order valence-electron chi connectivity index (χ0n) is 6.97. The minimum absolute atomic E-state index is 0.129. The molecule has 0 bridgehead atoms. The van der Waals surface area contributed by atoms with E-state index in [-0.39, 0.29) is 5.91 Å². The molecule has 1 heterocycles. The molecule has 1 rings (SSSR count). The number of rotatable bonds is 2. The first-order valence-corrected chi connectivity index (χ1v) is 3.69. The number of hydrogen-bond donors (Lipinski definition) is 0. The van der Waals surface area contributed by atoms with Crippen LogP contribution < -0.4 is 0 Å². The molecule has 0 saturated carbocycles. The Balaban J connectivity index is 2.91. The van der Waals surface area contributed by atoms with Gasteiger partial charge in [-0.3, -0.25) is 4.79 Å². The van der Waals surface area contributed by atoms with Crippen LogP contribution in [0.2, 0.25) is 6.32 Å². The van der Waals surface area contributed by atoms with Gasteiger partial charge in [0, 0.05) is 23.4 Å². The Hall–Kier alpha value is -1.25. The molecule has 0 N–H and O–H groups in total. The normalized spacial score (nSPS) is 17.8. The van der Waals surface area contributed by atoms with Crippen molar-refractivity contribution in [3.8, 4) is 0 Å². The van der Waals surface area contributed by atoms with Gasteiger partial charge in [-0.1, -0.05) is 26.1 Å². The van der Waals surface area contributed by atoms with Gasteiger partial charge >= 0.3 is 0 Å². The van der Waals surface area contributed by atoms with Crippen molar-refractivity contribution in [3.05, 3.63) is 36.6 Å². The van der Waals surface area contributed by atoms with Gasteiger partial charge in [0.1, 0.15) is 0 Å². The molecule has 0 aliphatic carbocycles. The van der Waals surface area contributed by atoms with Crippen molar-refractivity contribution in [1.82, 2.24) is 4.90 Å². The molecular formula is C9H10BNO. The highest BCUT2D eigenvalue weighted by molar-refractivity contribution is 6.09. The molecule has 2 radical (unpaired) electrons. The highest BCUT2D eigenvalue weighted by Crippen LogP contribution is 2.29. The summed E-state index contributed by atoms with van der Waals surface area (Å²) in [7, 11) is 5.33. The quantitative estimate of drug-likeness (QED) is 0.435. The van der Waals surface area contributed by atoms with E-state index in [4.69, 9.17) is 7.85 Å². The Labute approximate surface area is 73.7 Å². The van der Waals surface area contributed by atoms with Crippen molar-refractivity contribution < 1.29 is 4.79 Å². The summed E-state index contributed by atoms with van der Waals surface area (Å²) in [5, 5.41) is 0. The fourth-order valence-electron chi connectivity index (χ4n) is 1.12. The van der Waals surface area contributed by atoms with Gasteiger partial charge in [0.2, 0.25) is 0 Å². The Morgan fingerprint density at radius 3 is 2.17 bits per heavy atom. The van der Waals surface area contributed by atoms with E-state index in [2.05, 4.69) is 19.7 Å². The molecule has 1 fully saturated rings. The second-order valence-corrected chi connectivity index (χ2v) is 2.65. The fraction of sp³-hybridized carbons (Fsp3) is 0.222. The number of likely N-dealkylation sites (tertiary alicyclic amines) is 1. The van der Waals surface area contributed by atoms with Crippen LogP contribution in [0.25, 0.3) is 0 Å². The van der Waals surface area contributed by atoms with E-state index in [0.29, 0.717) is 29.7 Å². The van der Waals surface area contributed by atoms with Gasteiger partial charge in [-0.25, -0.2) is 0 Å². The van der Waals surface area contributed by atoms with E-state index in [1.807, 2.05) is 0 Å². The number of hydrogen-bond acceptors (Lipinski definition) is 1. The number of carbonyl (C=O) groups excluding carboxylic acids is 1. The van der Waals surface area contributed by atoms with E-state index in [1.165, 1.54) is 4.90 Å². The van der Waals surface area contributed by atoms with Gasteiger partial charge in [-0.05, 0) is 0 Å². The number of carbonyl (C=O) groups is 1. The molecule has 3 heteroatoms. The molecule has 12 heavy (non-hydrogen) atoms. The molecule has 1 amide bonds. The van der Waals surface area contributed by atoms with Gasteiger partial charge in [0.25, 0.3) is 5.91 Å². The number of nitrogens with zero attached hydrogens (tertiary/aromatic N) is 1. The molecule has 60 valence electrons. The monoisotopic (exact) mass is 159 g/mol. The third-order valence-electron chi connectivity index (χ3n) is 1.89. The van der Waals surface area contributed by atoms with Gasteiger partial charge in [-0.2, -0.15) is 0 Å². The standard InChI is InChI=1S/C9H10BNO/c1-6-7(2)9(12)11(5-4-10)8(6)3/h1-5H2. The highest BCUT2D eigenvalue weighted by Gasteiger charge is 2.30. The molecule has 0 spiro atoms. The summed E-state index contributed by atoms with van der Waals surface area (Å²) in [4.78, 5) is 12.9. The summed E-state index contributed by atoms with van der Waals surface area (Å²) in [6.45, 7) is 11.5. The maximum Gasteiger partial charge on any atom is 0.258 e. The van der Waals surface area contributed by atoms with Crippen molar-refractivity contribution in [2.75, 3.05) is 6.54 Å². The molecule has 2 nitrogen and oxygen atoms in total. The molecular weight excluding hydrogens is 149 g/mol. The van der Waals surface area contributed by atoms with E-state index in [1.54, 1.807) is 0 Å². The maximum atomic E-state index is 11.4. The average Bonchev–Trinajstić information content (AvgIpc) is 2.23. The lowest BCUT2D eigenvalue weighted by molar-refractivity contribution is -0.123. The van der Waals surface area contributed by atoms with Crippen LogP contribution in [0.15, 0.2) is 36.6 Å². The summed E-state index contributed by atoms with van der Waals surface area (Å²) >= 11 is 0. The Kier molecular flexibility index (Phi) is 2.22. The molecule has 0 aromatic carbocycles. The largest absolute Gasteiger partial charge is 0.309 e. The van der Waals surface area contributed by atoms with Gasteiger partial charge in [-0.15, -0.1) is 0 Å². The summed E-state index contributed by atoms with van der Waals surface area (Å²) in [5.41, 5.74) is 1.66.